The molecule has 0 saturated heterocycles. The molecule has 1 aliphatic rings. The van der Waals surface area contributed by atoms with Gasteiger partial charge in [-0.15, -0.1) is 0 Å². The van der Waals surface area contributed by atoms with Gasteiger partial charge in [0, 0.05) is 37.2 Å². The fourth-order valence-corrected chi connectivity index (χ4v) is 2.69. The molecule has 3 rings (SSSR count). The van der Waals surface area contributed by atoms with Crippen LogP contribution in [0.1, 0.15) is 30.8 Å². The van der Waals surface area contributed by atoms with E-state index in [-0.39, 0.29) is 6.04 Å². The van der Waals surface area contributed by atoms with E-state index >= 15 is 0 Å². The summed E-state index contributed by atoms with van der Waals surface area (Å²) in [5, 5.41) is 0. The minimum absolute atomic E-state index is 0.109. The standard InChI is InChI=1S/C15H20N4/c1-2-13(16)12-5-3-4-6-14(12)19-10-9-18-8-7-17-15(18)11-19/h3-8,13H,2,9-11,16H2,1H3/t13-/m0/s1. The third kappa shape index (κ3) is 2.24. The van der Waals surface area contributed by atoms with Gasteiger partial charge in [-0.3, -0.25) is 0 Å². The Kier molecular flexibility index (Phi) is 3.25. The van der Waals surface area contributed by atoms with E-state index in [0.29, 0.717) is 0 Å². The lowest BCUT2D eigenvalue weighted by Crippen LogP contribution is -2.34. The second kappa shape index (κ2) is 5.05. The van der Waals surface area contributed by atoms with Crippen LogP contribution in [0.25, 0.3) is 0 Å². The highest BCUT2D eigenvalue weighted by atomic mass is 15.2. The van der Waals surface area contributed by atoms with Crippen LogP contribution in [0, 0.1) is 0 Å². The van der Waals surface area contributed by atoms with E-state index in [9.17, 15) is 0 Å². The SMILES string of the molecule is CC[C@H](N)c1ccccc1N1CCn2ccnc2C1. The van der Waals surface area contributed by atoms with Gasteiger partial charge < -0.3 is 15.2 Å². The van der Waals surface area contributed by atoms with Gasteiger partial charge in [-0.25, -0.2) is 4.98 Å². The number of aromatic nitrogens is 2. The maximum absolute atomic E-state index is 6.23. The number of rotatable bonds is 3. The van der Waals surface area contributed by atoms with Crippen molar-refractivity contribution in [3.05, 3.63) is 48.0 Å². The summed E-state index contributed by atoms with van der Waals surface area (Å²) in [6, 6.07) is 8.58. The second-order valence-corrected chi connectivity index (χ2v) is 5.03. The van der Waals surface area contributed by atoms with Crippen molar-refractivity contribution < 1.29 is 0 Å². The van der Waals surface area contributed by atoms with Crippen LogP contribution in [0.4, 0.5) is 5.69 Å². The van der Waals surface area contributed by atoms with Crippen molar-refractivity contribution in [2.45, 2.75) is 32.5 Å². The fourth-order valence-electron chi connectivity index (χ4n) is 2.69. The maximum atomic E-state index is 6.23. The average Bonchev–Trinajstić information content (AvgIpc) is 2.93. The van der Waals surface area contributed by atoms with E-state index in [2.05, 4.69) is 51.8 Å². The Hall–Kier alpha value is -1.81. The number of hydrogen-bond donors (Lipinski definition) is 1. The van der Waals surface area contributed by atoms with Gasteiger partial charge in [0.25, 0.3) is 0 Å². The van der Waals surface area contributed by atoms with Gasteiger partial charge in [-0.2, -0.15) is 0 Å². The molecule has 0 amide bonds. The number of benzene rings is 1. The molecule has 1 aromatic carbocycles. The highest BCUT2D eigenvalue weighted by molar-refractivity contribution is 5.55. The minimum atomic E-state index is 0.109. The van der Waals surface area contributed by atoms with Crippen molar-refractivity contribution in [2.75, 3.05) is 11.4 Å². The Morgan fingerprint density at radius 3 is 3.00 bits per heavy atom. The zero-order valence-corrected chi connectivity index (χ0v) is 11.3. The zero-order chi connectivity index (χ0) is 13.2. The lowest BCUT2D eigenvalue weighted by atomic mass is 10.0. The van der Waals surface area contributed by atoms with Crippen molar-refractivity contribution in [3.63, 3.8) is 0 Å². The first-order chi connectivity index (χ1) is 9.29. The van der Waals surface area contributed by atoms with Crippen LogP contribution in [-0.2, 0) is 13.1 Å². The first kappa shape index (κ1) is 12.2. The van der Waals surface area contributed by atoms with E-state index in [0.717, 1.165) is 31.9 Å². The first-order valence-electron chi connectivity index (χ1n) is 6.89. The van der Waals surface area contributed by atoms with E-state index in [1.165, 1.54) is 11.3 Å². The molecule has 0 bridgehead atoms. The quantitative estimate of drug-likeness (QED) is 0.916. The number of hydrogen-bond acceptors (Lipinski definition) is 3. The monoisotopic (exact) mass is 256 g/mol. The highest BCUT2D eigenvalue weighted by Gasteiger charge is 2.20. The fraction of sp³-hybridized carbons (Fsp3) is 0.400. The number of imidazole rings is 1. The highest BCUT2D eigenvalue weighted by Crippen LogP contribution is 2.29. The summed E-state index contributed by atoms with van der Waals surface area (Å²) in [5.74, 6) is 1.13. The third-order valence-electron chi connectivity index (χ3n) is 3.86. The second-order valence-electron chi connectivity index (χ2n) is 5.03. The van der Waals surface area contributed by atoms with Crippen LogP contribution in [0.5, 0.6) is 0 Å². The molecule has 0 aliphatic carbocycles. The number of nitrogens with zero attached hydrogens (tertiary/aromatic N) is 3. The largest absolute Gasteiger partial charge is 0.362 e. The molecule has 0 radical (unpaired) electrons. The molecular weight excluding hydrogens is 236 g/mol. The molecule has 2 N–H and O–H groups in total. The Morgan fingerprint density at radius 2 is 2.16 bits per heavy atom. The molecule has 2 aromatic rings. The Labute approximate surface area is 113 Å². The summed E-state index contributed by atoms with van der Waals surface area (Å²) >= 11 is 0. The van der Waals surface area contributed by atoms with Crippen molar-refractivity contribution >= 4 is 5.69 Å². The Morgan fingerprint density at radius 1 is 1.32 bits per heavy atom. The van der Waals surface area contributed by atoms with Gasteiger partial charge in [0.1, 0.15) is 5.82 Å². The van der Waals surface area contributed by atoms with Crippen LogP contribution in [0.3, 0.4) is 0 Å². The topological polar surface area (TPSA) is 47.1 Å². The van der Waals surface area contributed by atoms with Crippen molar-refractivity contribution in [2.24, 2.45) is 5.73 Å². The summed E-state index contributed by atoms with van der Waals surface area (Å²) in [6.07, 6.45) is 4.89. The third-order valence-corrected chi connectivity index (χ3v) is 3.86. The lowest BCUT2D eigenvalue weighted by Gasteiger charge is -2.32. The van der Waals surface area contributed by atoms with E-state index < -0.39 is 0 Å². The van der Waals surface area contributed by atoms with Gasteiger partial charge in [0.2, 0.25) is 0 Å². The summed E-state index contributed by atoms with van der Waals surface area (Å²) in [4.78, 5) is 6.80. The number of para-hydroxylation sites is 1. The Balaban J connectivity index is 1.91. The number of nitrogens with two attached hydrogens (primary N) is 1. The molecule has 0 saturated carbocycles. The molecule has 1 aliphatic heterocycles. The molecule has 2 heterocycles. The molecule has 4 heteroatoms. The van der Waals surface area contributed by atoms with Crippen molar-refractivity contribution in [1.29, 1.82) is 0 Å². The summed E-state index contributed by atoms with van der Waals surface area (Å²) in [5.41, 5.74) is 8.73. The van der Waals surface area contributed by atoms with Gasteiger partial charge in [-0.1, -0.05) is 25.1 Å². The molecule has 4 nitrogen and oxygen atoms in total. The molecular formula is C15H20N4. The van der Waals surface area contributed by atoms with Gasteiger partial charge in [0.15, 0.2) is 0 Å². The van der Waals surface area contributed by atoms with Crippen LogP contribution in [-0.4, -0.2) is 16.1 Å². The van der Waals surface area contributed by atoms with Crippen LogP contribution in [0.15, 0.2) is 36.7 Å². The molecule has 100 valence electrons. The number of fused-ring (bicyclic) bond motifs is 1. The van der Waals surface area contributed by atoms with E-state index in [1.807, 2.05) is 6.20 Å². The minimum Gasteiger partial charge on any atom is -0.362 e. The Bertz CT molecular complexity index is 561. The molecule has 19 heavy (non-hydrogen) atoms. The molecule has 0 fully saturated rings. The van der Waals surface area contributed by atoms with Crippen molar-refractivity contribution in [3.8, 4) is 0 Å². The maximum Gasteiger partial charge on any atom is 0.128 e. The van der Waals surface area contributed by atoms with Crippen LogP contribution in [0.2, 0.25) is 0 Å². The first-order valence-corrected chi connectivity index (χ1v) is 6.89. The molecule has 0 spiro atoms. The number of anilines is 1. The normalized spacial score (nSPS) is 16.2. The van der Waals surface area contributed by atoms with E-state index in [4.69, 9.17) is 5.73 Å². The predicted molar refractivity (Wildman–Crippen MR) is 76.9 cm³/mol. The summed E-state index contributed by atoms with van der Waals surface area (Å²) in [7, 11) is 0. The molecule has 1 aromatic heterocycles. The van der Waals surface area contributed by atoms with Crippen LogP contribution >= 0.6 is 0 Å². The summed E-state index contributed by atoms with van der Waals surface area (Å²) in [6.45, 7) is 4.99. The van der Waals surface area contributed by atoms with Gasteiger partial charge >= 0.3 is 0 Å². The predicted octanol–water partition coefficient (Wildman–Crippen LogP) is 2.31. The van der Waals surface area contributed by atoms with Gasteiger partial charge in [0.05, 0.1) is 6.54 Å². The van der Waals surface area contributed by atoms with E-state index in [1.54, 1.807) is 0 Å². The molecule has 0 unspecified atom stereocenters. The zero-order valence-electron chi connectivity index (χ0n) is 11.3. The smallest absolute Gasteiger partial charge is 0.128 e. The van der Waals surface area contributed by atoms with Gasteiger partial charge in [-0.05, 0) is 18.1 Å². The average molecular weight is 256 g/mol. The van der Waals surface area contributed by atoms with Crippen molar-refractivity contribution in [1.82, 2.24) is 9.55 Å². The van der Waals surface area contributed by atoms with Crippen LogP contribution < -0.4 is 10.6 Å². The summed E-state index contributed by atoms with van der Waals surface area (Å²) < 4.78 is 2.22. The molecule has 1 atom stereocenters. The lowest BCUT2D eigenvalue weighted by molar-refractivity contribution is 0.556.